The summed E-state index contributed by atoms with van der Waals surface area (Å²) in [6, 6.07) is 6.03. The Morgan fingerprint density at radius 3 is 2.29 bits per heavy atom. The molecule has 0 aromatic heterocycles. The number of ether oxygens (including phenoxy) is 1. The van der Waals surface area contributed by atoms with E-state index in [1.165, 1.54) is 0 Å². The van der Waals surface area contributed by atoms with Gasteiger partial charge < -0.3 is 14.7 Å². The van der Waals surface area contributed by atoms with Crippen molar-refractivity contribution in [3.05, 3.63) is 29.3 Å². The normalized spacial score (nSPS) is 13.5. The third kappa shape index (κ3) is 5.01. The molecule has 1 aromatic rings. The molecule has 0 bridgehead atoms. The summed E-state index contributed by atoms with van der Waals surface area (Å²) in [7, 11) is 1.70. The smallest absolute Gasteiger partial charge is 0.122 e. The zero-order valence-corrected chi connectivity index (χ0v) is 14.4. The Balaban J connectivity index is 2.88. The number of rotatable bonds is 7. The molecule has 0 amide bonds. The molecule has 1 atom stereocenters. The van der Waals surface area contributed by atoms with Crippen molar-refractivity contribution in [2.24, 2.45) is 0 Å². The van der Waals surface area contributed by atoms with Crippen LogP contribution in [0, 0.1) is 0 Å². The van der Waals surface area contributed by atoms with Gasteiger partial charge in [0.05, 0.1) is 13.2 Å². The van der Waals surface area contributed by atoms with Crippen LogP contribution < -0.4 is 4.74 Å². The van der Waals surface area contributed by atoms with Gasteiger partial charge in [-0.2, -0.15) is 0 Å². The first-order valence-corrected chi connectivity index (χ1v) is 7.92. The van der Waals surface area contributed by atoms with Crippen molar-refractivity contribution < 1.29 is 9.84 Å². The van der Waals surface area contributed by atoms with Crippen LogP contribution in [0.2, 0.25) is 0 Å². The second-order valence-corrected chi connectivity index (χ2v) is 6.54. The SMILES string of the molecule is CCN(CC)CCC(O)c1ccc(OC)c(C(C)(C)C)c1. The van der Waals surface area contributed by atoms with E-state index in [2.05, 4.69) is 45.6 Å². The fraction of sp³-hybridized carbons (Fsp3) is 0.667. The zero-order chi connectivity index (χ0) is 16.0. The Hall–Kier alpha value is -1.06. The summed E-state index contributed by atoms with van der Waals surface area (Å²) in [5.41, 5.74) is 2.12. The number of benzene rings is 1. The van der Waals surface area contributed by atoms with Crippen LogP contribution in [-0.2, 0) is 5.41 Å². The van der Waals surface area contributed by atoms with E-state index in [4.69, 9.17) is 4.74 Å². The fourth-order valence-electron chi connectivity index (χ4n) is 2.53. The molecule has 1 rings (SSSR count). The summed E-state index contributed by atoms with van der Waals surface area (Å²) in [6.45, 7) is 13.8. The molecule has 120 valence electrons. The van der Waals surface area contributed by atoms with E-state index in [0.717, 1.165) is 42.9 Å². The van der Waals surface area contributed by atoms with Crippen LogP contribution >= 0.6 is 0 Å². The summed E-state index contributed by atoms with van der Waals surface area (Å²) in [6.07, 6.45) is 0.343. The van der Waals surface area contributed by atoms with E-state index in [1.807, 2.05) is 12.1 Å². The lowest BCUT2D eigenvalue weighted by molar-refractivity contribution is 0.145. The van der Waals surface area contributed by atoms with Gasteiger partial charge >= 0.3 is 0 Å². The topological polar surface area (TPSA) is 32.7 Å². The van der Waals surface area contributed by atoms with Gasteiger partial charge in [-0.3, -0.25) is 0 Å². The number of methoxy groups -OCH3 is 1. The second kappa shape index (κ2) is 7.81. The lowest BCUT2D eigenvalue weighted by Gasteiger charge is -2.25. The van der Waals surface area contributed by atoms with Gasteiger partial charge in [0.25, 0.3) is 0 Å². The average molecular weight is 293 g/mol. The first-order chi connectivity index (χ1) is 9.83. The summed E-state index contributed by atoms with van der Waals surface area (Å²) < 4.78 is 5.45. The first-order valence-electron chi connectivity index (χ1n) is 7.92. The van der Waals surface area contributed by atoms with Crippen LogP contribution in [-0.4, -0.2) is 36.8 Å². The molecule has 3 heteroatoms. The average Bonchev–Trinajstić information content (AvgIpc) is 2.46. The van der Waals surface area contributed by atoms with Crippen LogP contribution in [0.3, 0.4) is 0 Å². The van der Waals surface area contributed by atoms with E-state index >= 15 is 0 Å². The zero-order valence-electron chi connectivity index (χ0n) is 14.4. The van der Waals surface area contributed by atoms with Crippen LogP contribution in [0.4, 0.5) is 0 Å². The van der Waals surface area contributed by atoms with Gasteiger partial charge in [-0.25, -0.2) is 0 Å². The van der Waals surface area contributed by atoms with E-state index in [9.17, 15) is 5.11 Å². The summed E-state index contributed by atoms with van der Waals surface area (Å²) in [5.74, 6) is 0.891. The number of hydrogen-bond donors (Lipinski definition) is 1. The van der Waals surface area contributed by atoms with Crippen LogP contribution in [0.1, 0.15) is 58.3 Å². The third-order valence-corrected chi connectivity index (χ3v) is 4.03. The highest BCUT2D eigenvalue weighted by atomic mass is 16.5. The Bertz CT molecular complexity index is 433. The molecule has 0 radical (unpaired) electrons. The maximum absolute atomic E-state index is 10.4. The van der Waals surface area contributed by atoms with Crippen molar-refractivity contribution >= 4 is 0 Å². The molecule has 0 aliphatic carbocycles. The lowest BCUT2D eigenvalue weighted by atomic mass is 9.84. The van der Waals surface area contributed by atoms with Gasteiger partial charge in [-0.15, -0.1) is 0 Å². The van der Waals surface area contributed by atoms with Crippen molar-refractivity contribution in [2.75, 3.05) is 26.7 Å². The maximum atomic E-state index is 10.4. The molecule has 0 fully saturated rings. The minimum absolute atomic E-state index is 0.0000538. The highest BCUT2D eigenvalue weighted by Crippen LogP contribution is 2.33. The predicted molar refractivity (Wildman–Crippen MR) is 89.1 cm³/mol. The monoisotopic (exact) mass is 293 g/mol. The lowest BCUT2D eigenvalue weighted by Crippen LogP contribution is -2.25. The number of aliphatic hydroxyl groups is 1. The van der Waals surface area contributed by atoms with Gasteiger partial charge in [0.2, 0.25) is 0 Å². The molecule has 0 saturated carbocycles. The van der Waals surface area contributed by atoms with Gasteiger partial charge in [0.1, 0.15) is 5.75 Å². The molecule has 1 N–H and O–H groups in total. The number of nitrogens with zero attached hydrogens (tertiary/aromatic N) is 1. The number of hydrogen-bond acceptors (Lipinski definition) is 3. The van der Waals surface area contributed by atoms with Crippen molar-refractivity contribution in [1.82, 2.24) is 4.90 Å². The van der Waals surface area contributed by atoms with E-state index in [-0.39, 0.29) is 5.41 Å². The molecule has 1 aromatic carbocycles. The predicted octanol–water partition coefficient (Wildman–Crippen LogP) is 3.76. The van der Waals surface area contributed by atoms with Gasteiger partial charge in [-0.05, 0) is 48.2 Å². The Kier molecular flexibility index (Phi) is 6.69. The second-order valence-electron chi connectivity index (χ2n) is 6.54. The van der Waals surface area contributed by atoms with E-state index in [0.29, 0.717) is 0 Å². The highest BCUT2D eigenvalue weighted by Gasteiger charge is 2.21. The van der Waals surface area contributed by atoms with Crippen LogP contribution in [0.5, 0.6) is 5.75 Å². The minimum atomic E-state index is -0.419. The van der Waals surface area contributed by atoms with Crippen molar-refractivity contribution in [1.29, 1.82) is 0 Å². The summed E-state index contributed by atoms with van der Waals surface area (Å²) in [5, 5.41) is 10.4. The van der Waals surface area contributed by atoms with Crippen molar-refractivity contribution in [2.45, 2.75) is 52.6 Å². The first kappa shape index (κ1) is 18.0. The molecule has 0 aliphatic rings. The quantitative estimate of drug-likeness (QED) is 0.831. The van der Waals surface area contributed by atoms with E-state index in [1.54, 1.807) is 7.11 Å². The molecule has 0 aliphatic heterocycles. The van der Waals surface area contributed by atoms with Crippen LogP contribution in [0.15, 0.2) is 18.2 Å². The van der Waals surface area contributed by atoms with Gasteiger partial charge in [-0.1, -0.05) is 40.7 Å². The molecule has 0 saturated heterocycles. The molecule has 0 spiro atoms. The Labute approximate surface area is 129 Å². The standard InChI is InChI=1S/C18H31NO2/c1-7-19(8-2)12-11-16(20)14-9-10-17(21-6)15(13-14)18(3,4)5/h9-10,13,16,20H,7-8,11-12H2,1-6H3. The van der Waals surface area contributed by atoms with Gasteiger partial charge in [0.15, 0.2) is 0 Å². The van der Waals surface area contributed by atoms with Crippen molar-refractivity contribution in [3.8, 4) is 5.75 Å². The fourth-order valence-corrected chi connectivity index (χ4v) is 2.53. The third-order valence-electron chi connectivity index (χ3n) is 4.03. The molecule has 0 heterocycles. The van der Waals surface area contributed by atoms with Crippen LogP contribution in [0.25, 0.3) is 0 Å². The Morgan fingerprint density at radius 1 is 1.19 bits per heavy atom. The highest BCUT2D eigenvalue weighted by molar-refractivity contribution is 5.42. The Morgan fingerprint density at radius 2 is 1.81 bits per heavy atom. The molecular weight excluding hydrogens is 262 g/mol. The maximum Gasteiger partial charge on any atom is 0.122 e. The molecular formula is C18H31NO2. The molecule has 21 heavy (non-hydrogen) atoms. The van der Waals surface area contributed by atoms with Gasteiger partial charge in [0, 0.05) is 6.54 Å². The minimum Gasteiger partial charge on any atom is -0.496 e. The largest absolute Gasteiger partial charge is 0.496 e. The van der Waals surface area contributed by atoms with Crippen molar-refractivity contribution in [3.63, 3.8) is 0 Å². The summed E-state index contributed by atoms with van der Waals surface area (Å²) >= 11 is 0. The van der Waals surface area contributed by atoms with E-state index < -0.39 is 6.10 Å². The molecule has 3 nitrogen and oxygen atoms in total. The molecule has 1 unspecified atom stereocenters. The summed E-state index contributed by atoms with van der Waals surface area (Å²) in [4.78, 5) is 2.33. The number of aliphatic hydroxyl groups excluding tert-OH is 1.